The van der Waals surface area contributed by atoms with E-state index in [2.05, 4.69) is 10.3 Å². The van der Waals surface area contributed by atoms with Crippen LogP contribution in [0.5, 0.6) is 5.75 Å². The molecular formula is C17H20N2O5S. The Balaban J connectivity index is 1.90. The summed E-state index contributed by atoms with van der Waals surface area (Å²) in [6, 6.07) is 7.47. The largest absolute Gasteiger partial charge is 0.494 e. The molecule has 0 aliphatic heterocycles. The average molecular weight is 364 g/mol. The summed E-state index contributed by atoms with van der Waals surface area (Å²) in [5, 5.41) is 4.56. The molecule has 1 aromatic heterocycles. The molecule has 1 amide bonds. The number of anilines is 1. The molecular weight excluding hydrogens is 344 g/mol. The molecule has 0 aliphatic rings. The van der Waals surface area contributed by atoms with Gasteiger partial charge in [0.05, 0.1) is 18.9 Å². The molecule has 1 heterocycles. The van der Waals surface area contributed by atoms with Crippen LogP contribution in [0.25, 0.3) is 11.3 Å². The van der Waals surface area contributed by atoms with Crippen molar-refractivity contribution in [1.82, 2.24) is 4.98 Å². The fourth-order valence-corrected chi connectivity index (χ4v) is 2.62. The quantitative estimate of drug-likeness (QED) is 0.440. The number of hydrogen-bond donors (Lipinski definition) is 1. The van der Waals surface area contributed by atoms with Gasteiger partial charge in [-0.2, -0.15) is 0 Å². The van der Waals surface area contributed by atoms with Crippen LogP contribution in [-0.4, -0.2) is 43.3 Å². The number of carbonyl (C=O) groups excluding carboxylic acids is 2. The van der Waals surface area contributed by atoms with Crippen molar-refractivity contribution in [1.29, 1.82) is 0 Å². The van der Waals surface area contributed by atoms with Gasteiger partial charge in [0.2, 0.25) is 0 Å². The monoisotopic (exact) mass is 364 g/mol. The van der Waals surface area contributed by atoms with E-state index in [1.165, 1.54) is 11.3 Å². The van der Waals surface area contributed by atoms with E-state index >= 15 is 0 Å². The first-order valence-electron chi connectivity index (χ1n) is 7.88. The van der Waals surface area contributed by atoms with Crippen LogP contribution >= 0.6 is 11.3 Å². The van der Waals surface area contributed by atoms with Gasteiger partial charge in [0, 0.05) is 17.6 Å². The van der Waals surface area contributed by atoms with Crippen molar-refractivity contribution in [3.05, 3.63) is 29.6 Å². The van der Waals surface area contributed by atoms with Gasteiger partial charge in [-0.15, -0.1) is 11.3 Å². The van der Waals surface area contributed by atoms with Crippen molar-refractivity contribution in [2.75, 3.05) is 31.7 Å². The van der Waals surface area contributed by atoms with Crippen molar-refractivity contribution in [3.8, 4) is 17.0 Å². The number of thiazole rings is 1. The highest BCUT2D eigenvalue weighted by molar-refractivity contribution is 7.14. The number of benzene rings is 1. The molecule has 8 heteroatoms. The SMILES string of the molecule is CCOCCOC(=O)C(=O)Nc1nc(-c2ccc(OCC)cc2)cs1. The van der Waals surface area contributed by atoms with Crippen LogP contribution in [-0.2, 0) is 19.1 Å². The summed E-state index contributed by atoms with van der Waals surface area (Å²) in [4.78, 5) is 27.6. The number of carbonyl (C=O) groups is 2. The highest BCUT2D eigenvalue weighted by Crippen LogP contribution is 2.26. The lowest BCUT2D eigenvalue weighted by Crippen LogP contribution is -2.26. The zero-order valence-corrected chi connectivity index (χ0v) is 14.9. The second-order valence-electron chi connectivity index (χ2n) is 4.78. The van der Waals surface area contributed by atoms with Crippen molar-refractivity contribution in [3.63, 3.8) is 0 Å². The van der Waals surface area contributed by atoms with Crippen molar-refractivity contribution < 1.29 is 23.8 Å². The van der Waals surface area contributed by atoms with E-state index in [4.69, 9.17) is 14.2 Å². The van der Waals surface area contributed by atoms with Gasteiger partial charge in [-0.25, -0.2) is 9.78 Å². The normalized spacial score (nSPS) is 10.3. The lowest BCUT2D eigenvalue weighted by Gasteiger charge is -2.04. The summed E-state index contributed by atoms with van der Waals surface area (Å²) in [5.41, 5.74) is 1.59. The summed E-state index contributed by atoms with van der Waals surface area (Å²) in [5.74, 6) is -1.04. The Bertz CT molecular complexity index is 699. The van der Waals surface area contributed by atoms with Gasteiger partial charge in [-0.1, -0.05) is 0 Å². The molecule has 2 rings (SSSR count). The predicted octanol–water partition coefficient (Wildman–Crippen LogP) is 2.73. The first-order chi connectivity index (χ1) is 12.1. The third-order valence-electron chi connectivity index (χ3n) is 3.04. The topological polar surface area (TPSA) is 86.8 Å². The van der Waals surface area contributed by atoms with E-state index in [0.29, 0.717) is 24.0 Å². The molecule has 0 unspecified atom stereocenters. The molecule has 0 saturated heterocycles. The molecule has 134 valence electrons. The first kappa shape index (κ1) is 18.9. The van der Waals surface area contributed by atoms with Gasteiger partial charge in [0.25, 0.3) is 0 Å². The lowest BCUT2D eigenvalue weighted by molar-refractivity contribution is -0.153. The van der Waals surface area contributed by atoms with E-state index in [0.717, 1.165) is 11.3 Å². The predicted molar refractivity (Wildman–Crippen MR) is 94.8 cm³/mol. The van der Waals surface area contributed by atoms with Crippen LogP contribution in [0.15, 0.2) is 29.6 Å². The Morgan fingerprint density at radius 2 is 1.88 bits per heavy atom. The minimum atomic E-state index is -0.961. The fourth-order valence-electron chi connectivity index (χ4n) is 1.90. The van der Waals surface area contributed by atoms with Crippen LogP contribution < -0.4 is 10.1 Å². The number of ether oxygens (including phenoxy) is 3. The second-order valence-corrected chi connectivity index (χ2v) is 5.64. The molecule has 0 radical (unpaired) electrons. The number of rotatable bonds is 8. The van der Waals surface area contributed by atoms with E-state index < -0.39 is 11.9 Å². The Morgan fingerprint density at radius 3 is 2.56 bits per heavy atom. The van der Waals surface area contributed by atoms with Gasteiger partial charge in [-0.3, -0.25) is 10.1 Å². The zero-order valence-electron chi connectivity index (χ0n) is 14.1. The number of aromatic nitrogens is 1. The van der Waals surface area contributed by atoms with E-state index in [9.17, 15) is 9.59 Å². The molecule has 0 atom stereocenters. The molecule has 0 saturated carbocycles. The van der Waals surface area contributed by atoms with E-state index in [1.54, 1.807) is 5.38 Å². The molecule has 0 aliphatic carbocycles. The first-order valence-corrected chi connectivity index (χ1v) is 8.76. The Morgan fingerprint density at radius 1 is 1.12 bits per heavy atom. The summed E-state index contributed by atoms with van der Waals surface area (Å²) in [6.07, 6.45) is 0. The summed E-state index contributed by atoms with van der Waals surface area (Å²) in [6.45, 7) is 5.18. The summed E-state index contributed by atoms with van der Waals surface area (Å²) >= 11 is 1.23. The zero-order chi connectivity index (χ0) is 18.1. The summed E-state index contributed by atoms with van der Waals surface area (Å²) < 4.78 is 15.2. The molecule has 0 spiro atoms. The summed E-state index contributed by atoms with van der Waals surface area (Å²) in [7, 11) is 0. The van der Waals surface area contributed by atoms with Crippen LogP contribution in [0.1, 0.15) is 13.8 Å². The number of nitrogens with zero attached hydrogens (tertiary/aromatic N) is 1. The molecule has 25 heavy (non-hydrogen) atoms. The van der Waals surface area contributed by atoms with Crippen molar-refractivity contribution in [2.45, 2.75) is 13.8 Å². The maximum Gasteiger partial charge on any atom is 0.397 e. The molecule has 7 nitrogen and oxygen atoms in total. The number of hydrogen-bond acceptors (Lipinski definition) is 7. The Labute approximate surface area is 149 Å². The third kappa shape index (κ3) is 5.84. The van der Waals surface area contributed by atoms with Crippen LogP contribution in [0.3, 0.4) is 0 Å². The van der Waals surface area contributed by atoms with Gasteiger partial charge in [-0.05, 0) is 38.1 Å². The van der Waals surface area contributed by atoms with Gasteiger partial charge < -0.3 is 14.2 Å². The Kier molecular flexibility index (Phi) is 7.36. The third-order valence-corrected chi connectivity index (χ3v) is 3.79. The Hall–Kier alpha value is -2.45. The van der Waals surface area contributed by atoms with Crippen LogP contribution in [0.4, 0.5) is 5.13 Å². The maximum absolute atomic E-state index is 11.8. The van der Waals surface area contributed by atoms with Crippen LogP contribution in [0, 0.1) is 0 Å². The van der Waals surface area contributed by atoms with Gasteiger partial charge in [0.15, 0.2) is 5.13 Å². The minimum Gasteiger partial charge on any atom is -0.494 e. The molecule has 2 aromatic rings. The smallest absolute Gasteiger partial charge is 0.397 e. The van der Waals surface area contributed by atoms with Crippen molar-refractivity contribution >= 4 is 28.3 Å². The second kappa shape index (κ2) is 9.75. The standard InChI is InChI=1S/C17H20N2O5S/c1-3-22-9-10-24-16(21)15(20)19-17-18-14(11-25-17)12-5-7-13(8-6-12)23-4-2/h5-8,11H,3-4,9-10H2,1-2H3,(H,18,19,20). The molecule has 0 fully saturated rings. The van der Waals surface area contributed by atoms with E-state index in [-0.39, 0.29) is 13.2 Å². The highest BCUT2D eigenvalue weighted by Gasteiger charge is 2.17. The maximum atomic E-state index is 11.8. The minimum absolute atomic E-state index is 0.0371. The van der Waals surface area contributed by atoms with Crippen molar-refractivity contribution in [2.24, 2.45) is 0 Å². The fraction of sp³-hybridized carbons (Fsp3) is 0.353. The highest BCUT2D eigenvalue weighted by atomic mass is 32.1. The van der Waals surface area contributed by atoms with E-state index in [1.807, 2.05) is 38.1 Å². The average Bonchev–Trinajstić information content (AvgIpc) is 3.08. The molecule has 0 bridgehead atoms. The van der Waals surface area contributed by atoms with Gasteiger partial charge >= 0.3 is 11.9 Å². The molecule has 1 N–H and O–H groups in total. The molecule has 1 aromatic carbocycles. The number of nitrogens with one attached hydrogen (secondary N) is 1. The number of amides is 1. The van der Waals surface area contributed by atoms with Gasteiger partial charge in [0.1, 0.15) is 12.4 Å². The van der Waals surface area contributed by atoms with Crippen LogP contribution in [0.2, 0.25) is 0 Å². The number of esters is 1. The lowest BCUT2D eigenvalue weighted by atomic mass is 10.2.